The van der Waals surface area contributed by atoms with Crippen LogP contribution in [0, 0.1) is 5.92 Å². The van der Waals surface area contributed by atoms with Gasteiger partial charge in [0.2, 0.25) is 0 Å². The molecule has 0 bridgehead atoms. The van der Waals surface area contributed by atoms with Crippen LogP contribution in [0.4, 0.5) is 0 Å². The number of nitrogens with one attached hydrogen (secondary N) is 1. The molecular weight excluding hydrogens is 238 g/mol. The Bertz CT molecular complexity index is 466. The summed E-state index contributed by atoms with van der Waals surface area (Å²) in [4.78, 5) is 2.63. The normalized spacial score (nSPS) is 26.7. The summed E-state index contributed by atoms with van der Waals surface area (Å²) >= 11 is 0. The van der Waals surface area contributed by atoms with Crippen LogP contribution in [0.5, 0.6) is 0 Å². The Morgan fingerprint density at radius 1 is 1.47 bits per heavy atom. The van der Waals surface area contributed by atoms with Crippen LogP contribution in [-0.4, -0.2) is 47.9 Å². The van der Waals surface area contributed by atoms with E-state index in [0.717, 1.165) is 26.0 Å². The third-order valence-electron chi connectivity index (χ3n) is 4.34. The number of hydrogen-bond acceptors (Lipinski definition) is 3. The first-order chi connectivity index (χ1) is 9.31. The highest BCUT2D eigenvalue weighted by Gasteiger charge is 2.35. The van der Waals surface area contributed by atoms with Gasteiger partial charge >= 0.3 is 0 Å². The molecule has 2 atom stereocenters. The smallest absolute Gasteiger partial charge is 0.0685 e. The number of H-pyrrole nitrogens is 1. The first kappa shape index (κ1) is 12.9. The van der Waals surface area contributed by atoms with Crippen LogP contribution in [-0.2, 0) is 17.6 Å². The molecule has 0 saturated carbocycles. The second-order valence-corrected chi connectivity index (χ2v) is 5.74. The van der Waals surface area contributed by atoms with Crippen molar-refractivity contribution in [2.75, 3.05) is 26.8 Å². The molecule has 1 N–H and O–H groups in total. The number of nitrogens with zero attached hydrogens (tertiary/aromatic N) is 2. The summed E-state index contributed by atoms with van der Waals surface area (Å²) in [5, 5.41) is 7.35. The highest BCUT2D eigenvalue weighted by Crippen LogP contribution is 2.33. The summed E-state index contributed by atoms with van der Waals surface area (Å²) in [7, 11) is 1.78. The van der Waals surface area contributed by atoms with Gasteiger partial charge < -0.3 is 4.74 Å². The highest BCUT2D eigenvalue weighted by atomic mass is 16.5. The maximum absolute atomic E-state index is 5.33. The molecule has 0 spiro atoms. The zero-order valence-corrected chi connectivity index (χ0v) is 11.9. The minimum atomic E-state index is 0.610. The number of rotatable bonds is 4. The summed E-state index contributed by atoms with van der Waals surface area (Å²) in [5.74, 6) is 0.610. The van der Waals surface area contributed by atoms with Crippen molar-refractivity contribution in [2.24, 2.45) is 5.92 Å². The monoisotopic (exact) mass is 261 g/mol. The fourth-order valence-electron chi connectivity index (χ4n) is 3.55. The fraction of sp³-hybridized carbons (Fsp3) is 0.667. The van der Waals surface area contributed by atoms with Gasteiger partial charge in [0.15, 0.2) is 0 Å². The van der Waals surface area contributed by atoms with Crippen molar-refractivity contribution in [3.05, 3.63) is 29.1 Å². The molecular formula is C15H23N3O. The number of ether oxygens (including phenoxy) is 1. The van der Waals surface area contributed by atoms with Crippen LogP contribution in [0.2, 0.25) is 0 Å². The molecule has 0 aromatic carbocycles. The molecule has 2 unspecified atom stereocenters. The van der Waals surface area contributed by atoms with E-state index >= 15 is 0 Å². The van der Waals surface area contributed by atoms with Crippen LogP contribution >= 0.6 is 0 Å². The Morgan fingerprint density at radius 2 is 2.37 bits per heavy atom. The van der Waals surface area contributed by atoms with Gasteiger partial charge in [-0.1, -0.05) is 13.0 Å². The maximum atomic E-state index is 5.33. The van der Waals surface area contributed by atoms with Gasteiger partial charge in [-0.05, 0) is 42.9 Å². The van der Waals surface area contributed by atoms with E-state index in [0.29, 0.717) is 12.0 Å². The van der Waals surface area contributed by atoms with E-state index in [1.165, 1.54) is 29.8 Å². The van der Waals surface area contributed by atoms with Crippen LogP contribution in [0.25, 0.3) is 0 Å². The molecule has 104 valence electrons. The minimum Gasteiger partial charge on any atom is -0.380 e. The highest BCUT2D eigenvalue weighted by molar-refractivity contribution is 5.28. The molecule has 2 heterocycles. The second-order valence-electron chi connectivity index (χ2n) is 5.74. The summed E-state index contributed by atoms with van der Waals surface area (Å²) in [6.45, 7) is 5.26. The van der Waals surface area contributed by atoms with E-state index in [1.54, 1.807) is 7.11 Å². The van der Waals surface area contributed by atoms with E-state index in [4.69, 9.17) is 4.74 Å². The quantitative estimate of drug-likeness (QED) is 0.840. The lowest BCUT2D eigenvalue weighted by molar-refractivity contribution is 0.133. The molecule has 0 saturated heterocycles. The first-order valence-corrected chi connectivity index (χ1v) is 7.25. The molecule has 19 heavy (non-hydrogen) atoms. The molecule has 0 radical (unpaired) electrons. The standard InChI is InChI=1S/C15H23N3O/c1-3-4-18-9-11(10-19-2)5-12-6-14-13(7-15(12)18)8-16-17-14/h5,8,12,15H,3-4,6-7,9-10H2,1-2H3,(H,16,17). The van der Waals surface area contributed by atoms with Gasteiger partial charge in [0.1, 0.15) is 0 Å². The van der Waals surface area contributed by atoms with Crippen molar-refractivity contribution < 1.29 is 4.74 Å². The zero-order valence-electron chi connectivity index (χ0n) is 11.9. The molecule has 4 heteroatoms. The second kappa shape index (κ2) is 5.47. The fourth-order valence-corrected chi connectivity index (χ4v) is 3.55. The molecule has 0 fully saturated rings. The maximum Gasteiger partial charge on any atom is 0.0685 e. The van der Waals surface area contributed by atoms with Gasteiger partial charge in [0, 0.05) is 25.4 Å². The number of fused-ring (bicyclic) bond motifs is 2. The van der Waals surface area contributed by atoms with E-state index < -0.39 is 0 Å². The largest absolute Gasteiger partial charge is 0.380 e. The Hall–Kier alpha value is -1.13. The Morgan fingerprint density at radius 3 is 3.16 bits per heavy atom. The van der Waals surface area contributed by atoms with Crippen molar-refractivity contribution in [1.29, 1.82) is 0 Å². The van der Waals surface area contributed by atoms with Gasteiger partial charge in [-0.15, -0.1) is 0 Å². The lowest BCUT2D eigenvalue weighted by Gasteiger charge is -2.42. The van der Waals surface area contributed by atoms with Gasteiger partial charge in [0.05, 0.1) is 12.8 Å². The van der Waals surface area contributed by atoms with Crippen molar-refractivity contribution in [3.63, 3.8) is 0 Å². The number of aromatic amines is 1. The summed E-state index contributed by atoms with van der Waals surface area (Å²) < 4.78 is 5.33. The molecule has 3 rings (SSSR count). The van der Waals surface area contributed by atoms with Gasteiger partial charge in [-0.25, -0.2) is 0 Å². The summed E-state index contributed by atoms with van der Waals surface area (Å²) in [6, 6.07) is 0.644. The van der Waals surface area contributed by atoms with Crippen molar-refractivity contribution >= 4 is 0 Å². The van der Waals surface area contributed by atoms with Crippen molar-refractivity contribution in [3.8, 4) is 0 Å². The zero-order chi connectivity index (χ0) is 13.2. The van der Waals surface area contributed by atoms with E-state index in [-0.39, 0.29) is 0 Å². The minimum absolute atomic E-state index is 0.610. The van der Waals surface area contributed by atoms with Gasteiger partial charge in [-0.2, -0.15) is 5.10 Å². The predicted molar refractivity (Wildman–Crippen MR) is 75.1 cm³/mol. The van der Waals surface area contributed by atoms with Gasteiger partial charge in [0.25, 0.3) is 0 Å². The predicted octanol–water partition coefficient (Wildman–Crippen LogP) is 1.79. The van der Waals surface area contributed by atoms with Crippen LogP contribution in [0.3, 0.4) is 0 Å². The van der Waals surface area contributed by atoms with Crippen LogP contribution in [0.15, 0.2) is 17.8 Å². The lowest BCUT2D eigenvalue weighted by Crippen LogP contribution is -2.49. The summed E-state index contributed by atoms with van der Waals surface area (Å²) in [5.41, 5.74) is 4.17. The first-order valence-electron chi connectivity index (χ1n) is 7.25. The molecule has 2 aliphatic rings. The summed E-state index contributed by atoms with van der Waals surface area (Å²) in [6.07, 6.45) is 7.89. The number of hydrogen-bond donors (Lipinski definition) is 1. The molecule has 1 aliphatic heterocycles. The van der Waals surface area contributed by atoms with Crippen molar-refractivity contribution in [1.82, 2.24) is 15.1 Å². The average molecular weight is 261 g/mol. The van der Waals surface area contributed by atoms with Crippen molar-refractivity contribution in [2.45, 2.75) is 32.2 Å². The molecule has 4 nitrogen and oxygen atoms in total. The number of aromatic nitrogens is 2. The van der Waals surface area contributed by atoms with Crippen LogP contribution < -0.4 is 0 Å². The molecule has 1 aliphatic carbocycles. The van der Waals surface area contributed by atoms with Crippen LogP contribution in [0.1, 0.15) is 24.6 Å². The van der Waals surface area contributed by atoms with E-state index in [9.17, 15) is 0 Å². The Balaban J connectivity index is 1.85. The topological polar surface area (TPSA) is 41.1 Å². The number of methoxy groups -OCH3 is 1. The molecule has 1 aromatic rings. The third kappa shape index (κ3) is 2.47. The lowest BCUT2D eigenvalue weighted by atomic mass is 9.79. The van der Waals surface area contributed by atoms with E-state index in [2.05, 4.69) is 28.1 Å². The van der Waals surface area contributed by atoms with Gasteiger partial charge in [-0.3, -0.25) is 10.00 Å². The molecule has 0 amide bonds. The third-order valence-corrected chi connectivity index (χ3v) is 4.34. The molecule has 1 aromatic heterocycles. The Labute approximate surface area is 114 Å². The van der Waals surface area contributed by atoms with E-state index in [1.807, 2.05) is 6.20 Å². The Kier molecular flexibility index (Phi) is 3.71. The SMILES string of the molecule is CCCN1CC(COC)=CC2Cc3[nH]ncc3CC21. The average Bonchev–Trinajstić information content (AvgIpc) is 2.84.